The molecule has 4 nitrogen and oxygen atoms in total. The molecule has 0 spiro atoms. The standard InChI is InChI=1S/C13H14FNO3/c1-13(2,12(17)18)15-11(16)7-6-9-4-3-5-10(14)8-9/h3-8H,1-2H3,(H,15,16)(H,17,18). The summed E-state index contributed by atoms with van der Waals surface area (Å²) in [5.41, 5.74) is -0.818. The van der Waals surface area contributed by atoms with Crippen LogP contribution in [-0.4, -0.2) is 22.5 Å². The summed E-state index contributed by atoms with van der Waals surface area (Å²) < 4.78 is 12.9. The van der Waals surface area contributed by atoms with E-state index in [9.17, 15) is 14.0 Å². The van der Waals surface area contributed by atoms with Gasteiger partial charge in [-0.1, -0.05) is 12.1 Å². The van der Waals surface area contributed by atoms with Gasteiger partial charge in [0.1, 0.15) is 11.4 Å². The lowest BCUT2D eigenvalue weighted by Gasteiger charge is -2.19. The van der Waals surface area contributed by atoms with Crippen LogP contribution in [0, 0.1) is 5.82 Å². The zero-order valence-corrected chi connectivity index (χ0v) is 10.1. The number of rotatable bonds is 4. The molecule has 0 fully saturated rings. The van der Waals surface area contributed by atoms with Crippen molar-refractivity contribution in [2.45, 2.75) is 19.4 Å². The Hall–Kier alpha value is -2.17. The van der Waals surface area contributed by atoms with Gasteiger partial charge in [-0.25, -0.2) is 9.18 Å². The second-order valence-corrected chi connectivity index (χ2v) is 4.31. The Morgan fingerprint density at radius 1 is 1.39 bits per heavy atom. The minimum absolute atomic E-state index is 0.400. The Kier molecular flexibility index (Phi) is 4.20. The van der Waals surface area contributed by atoms with Crippen molar-refractivity contribution < 1.29 is 19.1 Å². The molecule has 0 unspecified atom stereocenters. The molecule has 18 heavy (non-hydrogen) atoms. The summed E-state index contributed by atoms with van der Waals surface area (Å²) in [4.78, 5) is 22.3. The van der Waals surface area contributed by atoms with Crippen LogP contribution in [0.2, 0.25) is 0 Å². The van der Waals surface area contributed by atoms with E-state index in [0.29, 0.717) is 5.56 Å². The predicted molar refractivity (Wildman–Crippen MR) is 65.3 cm³/mol. The van der Waals surface area contributed by atoms with Gasteiger partial charge in [-0.3, -0.25) is 4.79 Å². The van der Waals surface area contributed by atoms with E-state index in [1.54, 1.807) is 6.07 Å². The molecule has 1 aromatic rings. The molecule has 5 heteroatoms. The van der Waals surface area contributed by atoms with E-state index < -0.39 is 23.2 Å². The largest absolute Gasteiger partial charge is 0.480 e. The number of hydrogen-bond acceptors (Lipinski definition) is 2. The van der Waals surface area contributed by atoms with E-state index in [1.807, 2.05) is 0 Å². The molecule has 96 valence electrons. The number of amides is 1. The zero-order valence-electron chi connectivity index (χ0n) is 10.1. The van der Waals surface area contributed by atoms with E-state index in [0.717, 1.165) is 0 Å². The molecule has 0 saturated heterocycles. The van der Waals surface area contributed by atoms with Crippen molar-refractivity contribution in [3.8, 4) is 0 Å². The molecule has 0 heterocycles. The zero-order chi connectivity index (χ0) is 13.8. The molecule has 1 amide bonds. The lowest BCUT2D eigenvalue weighted by Crippen LogP contribution is -2.49. The molecule has 0 saturated carbocycles. The number of carbonyl (C=O) groups excluding carboxylic acids is 1. The molecule has 1 aromatic carbocycles. The van der Waals surface area contributed by atoms with Crippen LogP contribution in [0.1, 0.15) is 19.4 Å². The molecule has 0 bridgehead atoms. The van der Waals surface area contributed by atoms with Crippen LogP contribution in [0.3, 0.4) is 0 Å². The van der Waals surface area contributed by atoms with Crippen LogP contribution in [-0.2, 0) is 9.59 Å². The number of aliphatic carboxylic acids is 1. The maximum atomic E-state index is 12.9. The van der Waals surface area contributed by atoms with Crippen LogP contribution < -0.4 is 5.32 Å². The first-order chi connectivity index (χ1) is 8.31. The van der Waals surface area contributed by atoms with Crippen molar-refractivity contribution in [1.29, 1.82) is 0 Å². The fourth-order valence-electron chi connectivity index (χ4n) is 1.19. The van der Waals surface area contributed by atoms with E-state index in [2.05, 4.69) is 5.32 Å². The summed E-state index contributed by atoms with van der Waals surface area (Å²) in [7, 11) is 0. The highest BCUT2D eigenvalue weighted by Gasteiger charge is 2.27. The predicted octanol–water partition coefficient (Wildman–Crippen LogP) is 1.82. The molecule has 2 N–H and O–H groups in total. The second-order valence-electron chi connectivity index (χ2n) is 4.31. The monoisotopic (exact) mass is 251 g/mol. The Bertz CT molecular complexity index is 495. The molecule has 0 aliphatic rings. The number of carboxylic acid groups (broad SMARTS) is 1. The maximum absolute atomic E-state index is 12.9. The number of nitrogens with one attached hydrogen (secondary N) is 1. The van der Waals surface area contributed by atoms with E-state index in [-0.39, 0.29) is 0 Å². The van der Waals surface area contributed by atoms with Crippen molar-refractivity contribution in [3.05, 3.63) is 41.7 Å². The van der Waals surface area contributed by atoms with E-state index in [1.165, 1.54) is 44.2 Å². The number of carbonyl (C=O) groups is 2. The van der Waals surface area contributed by atoms with Crippen LogP contribution in [0.15, 0.2) is 30.3 Å². The Labute approximate surface area is 104 Å². The molecule has 0 aliphatic carbocycles. The van der Waals surface area contributed by atoms with Gasteiger partial charge in [0.05, 0.1) is 0 Å². The minimum atomic E-state index is -1.34. The van der Waals surface area contributed by atoms with Crippen LogP contribution in [0.4, 0.5) is 4.39 Å². The summed E-state index contributed by atoms with van der Waals surface area (Å²) in [6, 6.07) is 5.72. The van der Waals surface area contributed by atoms with Gasteiger partial charge in [0, 0.05) is 6.08 Å². The van der Waals surface area contributed by atoms with Crippen molar-refractivity contribution in [2.24, 2.45) is 0 Å². The highest BCUT2D eigenvalue weighted by Crippen LogP contribution is 2.06. The van der Waals surface area contributed by atoms with Crippen molar-refractivity contribution in [1.82, 2.24) is 5.32 Å². The third kappa shape index (κ3) is 4.01. The third-order valence-electron chi connectivity index (χ3n) is 2.25. The molecule has 0 radical (unpaired) electrons. The van der Waals surface area contributed by atoms with Crippen molar-refractivity contribution in [3.63, 3.8) is 0 Å². The van der Waals surface area contributed by atoms with Gasteiger partial charge in [-0.15, -0.1) is 0 Å². The number of hydrogen-bond donors (Lipinski definition) is 2. The Morgan fingerprint density at radius 2 is 2.06 bits per heavy atom. The van der Waals surface area contributed by atoms with Crippen LogP contribution in [0.5, 0.6) is 0 Å². The second kappa shape index (κ2) is 5.44. The van der Waals surface area contributed by atoms with Gasteiger partial charge in [0.15, 0.2) is 0 Å². The van der Waals surface area contributed by atoms with E-state index >= 15 is 0 Å². The smallest absolute Gasteiger partial charge is 0.328 e. The van der Waals surface area contributed by atoms with Gasteiger partial charge in [-0.05, 0) is 37.6 Å². The van der Waals surface area contributed by atoms with Gasteiger partial charge in [-0.2, -0.15) is 0 Å². The van der Waals surface area contributed by atoms with Crippen molar-refractivity contribution in [2.75, 3.05) is 0 Å². The average Bonchev–Trinajstić information content (AvgIpc) is 2.25. The first kappa shape index (κ1) is 13.9. The molecule has 0 atom stereocenters. The number of benzene rings is 1. The average molecular weight is 251 g/mol. The highest BCUT2D eigenvalue weighted by molar-refractivity contribution is 5.95. The Morgan fingerprint density at radius 3 is 2.61 bits per heavy atom. The fraction of sp³-hybridized carbons (Fsp3) is 0.231. The van der Waals surface area contributed by atoms with Crippen LogP contribution in [0.25, 0.3) is 6.08 Å². The number of halogens is 1. The van der Waals surface area contributed by atoms with Crippen LogP contribution >= 0.6 is 0 Å². The normalized spacial score (nSPS) is 11.5. The molecule has 0 aromatic heterocycles. The molecule has 0 aliphatic heterocycles. The summed E-state index contributed by atoms with van der Waals surface area (Å²) in [6.45, 7) is 2.76. The van der Waals surface area contributed by atoms with Crippen molar-refractivity contribution >= 4 is 18.0 Å². The van der Waals surface area contributed by atoms with Gasteiger partial charge < -0.3 is 10.4 Å². The highest BCUT2D eigenvalue weighted by atomic mass is 19.1. The van der Waals surface area contributed by atoms with Gasteiger partial charge in [0.25, 0.3) is 0 Å². The fourth-order valence-corrected chi connectivity index (χ4v) is 1.19. The third-order valence-corrected chi connectivity index (χ3v) is 2.25. The molecular formula is C13H14FNO3. The lowest BCUT2D eigenvalue weighted by molar-refractivity contribution is -0.145. The SMILES string of the molecule is CC(C)(NC(=O)C=Cc1cccc(F)c1)C(=O)O. The molecule has 1 rings (SSSR count). The Balaban J connectivity index is 2.68. The number of carboxylic acids is 1. The lowest BCUT2D eigenvalue weighted by atomic mass is 10.1. The first-order valence-corrected chi connectivity index (χ1v) is 5.30. The first-order valence-electron chi connectivity index (χ1n) is 5.30. The summed E-state index contributed by atoms with van der Waals surface area (Å²) in [6.07, 6.45) is 2.58. The summed E-state index contributed by atoms with van der Waals surface area (Å²) in [5, 5.41) is 11.1. The quantitative estimate of drug-likeness (QED) is 0.802. The minimum Gasteiger partial charge on any atom is -0.480 e. The van der Waals surface area contributed by atoms with Gasteiger partial charge in [0.2, 0.25) is 5.91 Å². The maximum Gasteiger partial charge on any atom is 0.328 e. The summed E-state index contributed by atoms with van der Waals surface area (Å²) in [5.74, 6) is -2.08. The summed E-state index contributed by atoms with van der Waals surface area (Å²) >= 11 is 0. The van der Waals surface area contributed by atoms with E-state index in [4.69, 9.17) is 5.11 Å². The molecular weight excluding hydrogens is 237 g/mol. The van der Waals surface area contributed by atoms with Gasteiger partial charge >= 0.3 is 5.97 Å². The topological polar surface area (TPSA) is 66.4 Å².